The maximum Gasteiger partial charge on any atom is 0.319 e. The van der Waals surface area contributed by atoms with E-state index < -0.39 is 0 Å². The second kappa shape index (κ2) is 7.32. The van der Waals surface area contributed by atoms with Crippen LogP contribution in [-0.2, 0) is 0 Å². The molecule has 0 aromatic heterocycles. The van der Waals surface area contributed by atoms with Crippen LogP contribution in [0.15, 0.2) is 12.1 Å². The highest BCUT2D eigenvalue weighted by Crippen LogP contribution is 2.38. The number of benzene rings is 1. The minimum Gasteiger partial charge on any atom is -0.496 e. The maximum absolute atomic E-state index is 11.6. The number of carbonyl (C=O) groups excluding carboxylic acids is 1. The molecular formula is C12H19N3O4. The number of ether oxygens (including phenoxy) is 3. The van der Waals surface area contributed by atoms with E-state index in [1.165, 1.54) is 21.3 Å². The Morgan fingerprint density at radius 1 is 1.16 bits per heavy atom. The second-order valence-corrected chi connectivity index (χ2v) is 3.58. The van der Waals surface area contributed by atoms with Crippen LogP contribution in [0.5, 0.6) is 17.2 Å². The van der Waals surface area contributed by atoms with Gasteiger partial charge in [0.05, 0.1) is 21.3 Å². The Hall–Kier alpha value is -2.15. The molecule has 0 aliphatic rings. The van der Waals surface area contributed by atoms with Gasteiger partial charge in [-0.15, -0.1) is 0 Å². The predicted octanol–water partition coefficient (Wildman–Crippen LogP) is 0.793. The summed E-state index contributed by atoms with van der Waals surface area (Å²) in [6, 6.07) is 2.93. The first kappa shape index (κ1) is 14.9. The zero-order valence-electron chi connectivity index (χ0n) is 11.3. The maximum atomic E-state index is 11.6. The van der Waals surface area contributed by atoms with Gasteiger partial charge in [0.1, 0.15) is 22.9 Å². The van der Waals surface area contributed by atoms with Crippen LogP contribution in [0.2, 0.25) is 0 Å². The van der Waals surface area contributed by atoms with E-state index in [0.29, 0.717) is 36.0 Å². The topological polar surface area (TPSA) is 94.8 Å². The number of hydrogen-bond donors (Lipinski definition) is 3. The zero-order valence-corrected chi connectivity index (χ0v) is 11.3. The SMILES string of the molecule is COc1cc(OC)c(NC(=O)NCCN)c(OC)c1. The van der Waals surface area contributed by atoms with Crippen molar-refractivity contribution in [1.82, 2.24) is 5.32 Å². The first-order chi connectivity index (χ1) is 9.15. The van der Waals surface area contributed by atoms with Crippen LogP contribution in [0.1, 0.15) is 0 Å². The third-order valence-corrected chi connectivity index (χ3v) is 2.38. The van der Waals surface area contributed by atoms with E-state index in [0.717, 1.165) is 0 Å². The molecule has 0 bridgehead atoms. The molecule has 0 fully saturated rings. The van der Waals surface area contributed by atoms with E-state index in [4.69, 9.17) is 19.9 Å². The Balaban J connectivity index is 3.00. The molecule has 0 unspecified atom stereocenters. The van der Waals surface area contributed by atoms with Gasteiger partial charge in [0.25, 0.3) is 0 Å². The van der Waals surface area contributed by atoms with Gasteiger partial charge in [-0.25, -0.2) is 4.79 Å². The lowest BCUT2D eigenvalue weighted by Gasteiger charge is -2.16. The van der Waals surface area contributed by atoms with Crippen molar-refractivity contribution in [3.05, 3.63) is 12.1 Å². The van der Waals surface area contributed by atoms with Gasteiger partial charge >= 0.3 is 6.03 Å². The molecule has 7 heteroatoms. The van der Waals surface area contributed by atoms with Gasteiger partial charge in [-0.2, -0.15) is 0 Å². The van der Waals surface area contributed by atoms with Gasteiger partial charge in [-0.3, -0.25) is 0 Å². The average Bonchev–Trinajstić information content (AvgIpc) is 2.44. The van der Waals surface area contributed by atoms with Crippen LogP contribution >= 0.6 is 0 Å². The van der Waals surface area contributed by atoms with Crippen LogP contribution < -0.4 is 30.6 Å². The Morgan fingerprint density at radius 2 is 1.74 bits per heavy atom. The lowest BCUT2D eigenvalue weighted by molar-refractivity contribution is 0.252. The van der Waals surface area contributed by atoms with Crippen molar-refractivity contribution in [2.75, 3.05) is 39.7 Å². The van der Waals surface area contributed by atoms with Gasteiger partial charge in [0, 0.05) is 25.2 Å². The molecule has 0 aliphatic carbocycles. The summed E-state index contributed by atoms with van der Waals surface area (Å²) in [6.07, 6.45) is 0. The number of urea groups is 1. The van der Waals surface area contributed by atoms with Crippen LogP contribution in [0, 0.1) is 0 Å². The molecule has 7 nitrogen and oxygen atoms in total. The highest BCUT2D eigenvalue weighted by molar-refractivity contribution is 5.93. The fraction of sp³-hybridized carbons (Fsp3) is 0.417. The summed E-state index contributed by atoms with van der Waals surface area (Å²) in [7, 11) is 4.53. The molecule has 1 aromatic rings. The summed E-state index contributed by atoms with van der Waals surface area (Å²) in [5, 5.41) is 5.25. The molecule has 0 spiro atoms. The molecule has 0 atom stereocenters. The number of rotatable bonds is 6. The van der Waals surface area contributed by atoms with Gasteiger partial charge in [0.15, 0.2) is 0 Å². The molecule has 0 saturated carbocycles. The monoisotopic (exact) mass is 269 g/mol. The Bertz CT molecular complexity index is 412. The van der Waals surface area contributed by atoms with Crippen molar-refractivity contribution in [2.24, 2.45) is 5.73 Å². The van der Waals surface area contributed by atoms with Crippen molar-refractivity contribution < 1.29 is 19.0 Å². The van der Waals surface area contributed by atoms with E-state index >= 15 is 0 Å². The van der Waals surface area contributed by atoms with Crippen molar-refractivity contribution >= 4 is 11.7 Å². The van der Waals surface area contributed by atoms with E-state index in [-0.39, 0.29) is 6.03 Å². The van der Waals surface area contributed by atoms with Crippen LogP contribution in [-0.4, -0.2) is 40.5 Å². The standard InChI is InChI=1S/C12H19N3O4/c1-17-8-6-9(18-2)11(10(7-8)19-3)15-12(16)14-5-4-13/h6-7H,4-5,13H2,1-3H3,(H2,14,15,16). The Morgan fingerprint density at radius 3 is 2.16 bits per heavy atom. The molecule has 4 N–H and O–H groups in total. The normalized spacial score (nSPS) is 9.68. The molecule has 0 aliphatic heterocycles. The number of anilines is 1. The molecular weight excluding hydrogens is 250 g/mol. The van der Waals surface area contributed by atoms with E-state index in [1.54, 1.807) is 12.1 Å². The summed E-state index contributed by atoms with van der Waals surface area (Å²) >= 11 is 0. The molecule has 2 amide bonds. The molecule has 1 aromatic carbocycles. The summed E-state index contributed by atoms with van der Waals surface area (Å²) in [5.74, 6) is 1.46. The van der Waals surface area contributed by atoms with Gasteiger partial charge < -0.3 is 30.6 Å². The Kier molecular flexibility index (Phi) is 5.74. The Labute approximate surface area is 112 Å². The molecule has 0 heterocycles. The van der Waals surface area contributed by atoms with Crippen LogP contribution in [0.4, 0.5) is 10.5 Å². The third-order valence-electron chi connectivity index (χ3n) is 2.38. The minimum absolute atomic E-state index is 0.365. The van der Waals surface area contributed by atoms with Crippen molar-refractivity contribution in [3.8, 4) is 17.2 Å². The molecule has 1 rings (SSSR count). The van der Waals surface area contributed by atoms with Crippen LogP contribution in [0.3, 0.4) is 0 Å². The summed E-state index contributed by atoms with van der Waals surface area (Å²) in [4.78, 5) is 11.6. The first-order valence-corrected chi connectivity index (χ1v) is 5.71. The number of amides is 2. The fourth-order valence-electron chi connectivity index (χ4n) is 1.47. The van der Waals surface area contributed by atoms with E-state index in [1.807, 2.05) is 0 Å². The molecule has 19 heavy (non-hydrogen) atoms. The zero-order chi connectivity index (χ0) is 14.3. The molecule has 0 radical (unpaired) electrons. The lowest BCUT2D eigenvalue weighted by Crippen LogP contribution is -2.33. The largest absolute Gasteiger partial charge is 0.496 e. The number of nitrogens with one attached hydrogen (secondary N) is 2. The minimum atomic E-state index is -0.382. The van der Waals surface area contributed by atoms with Crippen LogP contribution in [0.25, 0.3) is 0 Å². The van der Waals surface area contributed by atoms with Crippen molar-refractivity contribution in [2.45, 2.75) is 0 Å². The van der Waals surface area contributed by atoms with Crippen molar-refractivity contribution in [3.63, 3.8) is 0 Å². The molecule has 106 valence electrons. The van der Waals surface area contributed by atoms with Gasteiger partial charge in [-0.1, -0.05) is 0 Å². The van der Waals surface area contributed by atoms with E-state index in [2.05, 4.69) is 10.6 Å². The number of nitrogens with two attached hydrogens (primary N) is 1. The lowest BCUT2D eigenvalue weighted by atomic mass is 10.2. The first-order valence-electron chi connectivity index (χ1n) is 5.71. The highest BCUT2D eigenvalue weighted by atomic mass is 16.5. The van der Waals surface area contributed by atoms with Crippen molar-refractivity contribution in [1.29, 1.82) is 0 Å². The number of carbonyl (C=O) groups is 1. The number of methoxy groups -OCH3 is 3. The summed E-state index contributed by atoms with van der Waals surface area (Å²) in [5.41, 5.74) is 5.74. The molecule has 0 saturated heterocycles. The van der Waals surface area contributed by atoms with E-state index in [9.17, 15) is 4.79 Å². The third kappa shape index (κ3) is 3.92. The average molecular weight is 269 g/mol. The fourth-order valence-corrected chi connectivity index (χ4v) is 1.47. The van der Waals surface area contributed by atoms with Gasteiger partial charge in [0.2, 0.25) is 0 Å². The highest BCUT2D eigenvalue weighted by Gasteiger charge is 2.15. The summed E-state index contributed by atoms with van der Waals surface area (Å²) < 4.78 is 15.5. The van der Waals surface area contributed by atoms with Gasteiger partial charge in [-0.05, 0) is 0 Å². The number of hydrogen-bond acceptors (Lipinski definition) is 5. The quantitative estimate of drug-likeness (QED) is 0.710. The second-order valence-electron chi connectivity index (χ2n) is 3.58. The predicted molar refractivity (Wildman–Crippen MR) is 72.2 cm³/mol. The smallest absolute Gasteiger partial charge is 0.319 e. The summed E-state index contributed by atoms with van der Waals surface area (Å²) in [6.45, 7) is 0.747.